The van der Waals surface area contributed by atoms with Crippen molar-refractivity contribution in [1.82, 2.24) is 4.90 Å². The Morgan fingerprint density at radius 2 is 1.39 bits per heavy atom. The van der Waals surface area contributed by atoms with Gasteiger partial charge in [-0.1, -0.05) is 42.5 Å². The van der Waals surface area contributed by atoms with Crippen molar-refractivity contribution in [3.63, 3.8) is 0 Å². The van der Waals surface area contributed by atoms with Crippen molar-refractivity contribution in [3.05, 3.63) is 95.6 Å². The molecule has 1 N–H and O–H groups in total. The van der Waals surface area contributed by atoms with Crippen molar-refractivity contribution >= 4 is 28.8 Å². The van der Waals surface area contributed by atoms with Crippen molar-refractivity contribution in [2.24, 2.45) is 0 Å². The molecular weight excluding hydrogens is 414 g/mol. The summed E-state index contributed by atoms with van der Waals surface area (Å²) in [6.07, 6.45) is 0. The Balaban J connectivity index is 1.33. The van der Waals surface area contributed by atoms with Crippen LogP contribution in [0.5, 0.6) is 0 Å². The Labute approximate surface area is 193 Å². The van der Waals surface area contributed by atoms with E-state index in [-0.39, 0.29) is 24.0 Å². The quantitative estimate of drug-likeness (QED) is 0.564. The lowest BCUT2D eigenvalue weighted by Crippen LogP contribution is -2.48. The lowest BCUT2D eigenvalue weighted by Gasteiger charge is -2.35. The van der Waals surface area contributed by atoms with Gasteiger partial charge in [-0.25, -0.2) is 0 Å². The minimum absolute atomic E-state index is 0.0597. The second kappa shape index (κ2) is 10.2. The van der Waals surface area contributed by atoms with Gasteiger partial charge >= 0.3 is 0 Å². The Morgan fingerprint density at radius 3 is 2.06 bits per heavy atom. The highest BCUT2D eigenvalue weighted by Crippen LogP contribution is 2.20. The fourth-order valence-corrected chi connectivity index (χ4v) is 4.00. The standard InChI is InChI=1S/C27H27N3O3/c1-20(31)21-11-13-23(14-12-21)30-17-15-29(16-18-30)19-26(32)28-25-10-6-5-9-24(25)27(33)22-7-3-2-4-8-22/h2-14H,15-19H2,1H3,(H,28,32). The number of Topliss-reactive ketones (excluding diaryl/α,β-unsaturated/α-hetero) is 1. The number of benzene rings is 3. The van der Waals surface area contributed by atoms with Crippen LogP contribution in [0.4, 0.5) is 11.4 Å². The van der Waals surface area contributed by atoms with E-state index < -0.39 is 0 Å². The predicted molar refractivity (Wildman–Crippen MR) is 130 cm³/mol. The summed E-state index contributed by atoms with van der Waals surface area (Å²) in [6, 6.07) is 23.8. The molecule has 0 aliphatic carbocycles. The maximum Gasteiger partial charge on any atom is 0.238 e. The van der Waals surface area contributed by atoms with Gasteiger partial charge in [0, 0.05) is 48.6 Å². The summed E-state index contributed by atoms with van der Waals surface area (Å²) < 4.78 is 0. The fraction of sp³-hybridized carbons (Fsp3) is 0.222. The zero-order chi connectivity index (χ0) is 23.2. The molecule has 1 heterocycles. The minimum atomic E-state index is -0.137. The van der Waals surface area contributed by atoms with Crippen LogP contribution in [0, 0.1) is 0 Å². The molecule has 0 saturated carbocycles. The molecule has 168 valence electrons. The predicted octanol–water partition coefficient (Wildman–Crippen LogP) is 3.88. The lowest BCUT2D eigenvalue weighted by atomic mass is 10.0. The Bertz CT molecular complexity index is 1130. The number of hydrogen-bond acceptors (Lipinski definition) is 5. The van der Waals surface area contributed by atoms with Gasteiger partial charge in [0.1, 0.15) is 0 Å². The molecule has 0 aromatic heterocycles. The van der Waals surface area contributed by atoms with Crippen LogP contribution in [0.1, 0.15) is 33.2 Å². The summed E-state index contributed by atoms with van der Waals surface area (Å²) in [5.74, 6) is -0.192. The van der Waals surface area contributed by atoms with Crippen LogP contribution in [0.15, 0.2) is 78.9 Å². The smallest absolute Gasteiger partial charge is 0.238 e. The van der Waals surface area contributed by atoms with Crippen LogP contribution in [0.2, 0.25) is 0 Å². The number of hydrogen-bond donors (Lipinski definition) is 1. The Hall–Kier alpha value is -3.77. The average Bonchev–Trinajstić information content (AvgIpc) is 2.85. The molecule has 4 rings (SSSR count). The van der Waals surface area contributed by atoms with Gasteiger partial charge in [-0.3, -0.25) is 19.3 Å². The number of nitrogens with zero attached hydrogens (tertiary/aromatic N) is 2. The van der Waals surface area contributed by atoms with Gasteiger partial charge in [0.25, 0.3) is 0 Å². The zero-order valence-corrected chi connectivity index (χ0v) is 18.7. The number of nitrogens with one attached hydrogen (secondary N) is 1. The van der Waals surface area contributed by atoms with E-state index in [0.717, 1.165) is 31.9 Å². The van der Waals surface area contributed by atoms with Crippen molar-refractivity contribution in [3.8, 4) is 0 Å². The van der Waals surface area contributed by atoms with Crippen LogP contribution < -0.4 is 10.2 Å². The first kappa shape index (κ1) is 22.4. The third-order valence-corrected chi connectivity index (χ3v) is 5.86. The summed E-state index contributed by atoms with van der Waals surface area (Å²) in [5.41, 5.74) is 3.39. The van der Waals surface area contributed by atoms with Crippen LogP contribution in [-0.2, 0) is 4.79 Å². The summed E-state index contributed by atoms with van der Waals surface area (Å²) in [6.45, 7) is 4.95. The summed E-state index contributed by atoms with van der Waals surface area (Å²) >= 11 is 0. The summed E-state index contributed by atoms with van der Waals surface area (Å²) in [4.78, 5) is 41.4. The second-order valence-electron chi connectivity index (χ2n) is 8.16. The van der Waals surface area contributed by atoms with E-state index in [1.807, 2.05) is 48.5 Å². The normalized spacial score (nSPS) is 14.0. The van der Waals surface area contributed by atoms with E-state index in [9.17, 15) is 14.4 Å². The monoisotopic (exact) mass is 441 g/mol. The van der Waals surface area contributed by atoms with Gasteiger partial charge in [0.15, 0.2) is 11.6 Å². The van der Waals surface area contributed by atoms with Crippen LogP contribution in [-0.4, -0.2) is 55.1 Å². The van der Waals surface area contributed by atoms with E-state index in [2.05, 4.69) is 15.1 Å². The molecule has 1 amide bonds. The second-order valence-corrected chi connectivity index (χ2v) is 8.16. The number of amides is 1. The first-order valence-electron chi connectivity index (χ1n) is 11.1. The SMILES string of the molecule is CC(=O)c1ccc(N2CCN(CC(=O)Nc3ccccc3C(=O)c3ccccc3)CC2)cc1. The number of carbonyl (C=O) groups excluding carboxylic acids is 3. The van der Waals surface area contributed by atoms with Crippen molar-refractivity contribution < 1.29 is 14.4 Å². The molecular formula is C27H27N3O3. The van der Waals surface area contributed by atoms with Gasteiger partial charge in [-0.15, -0.1) is 0 Å². The largest absolute Gasteiger partial charge is 0.369 e. The molecule has 1 fully saturated rings. The topological polar surface area (TPSA) is 69.7 Å². The summed E-state index contributed by atoms with van der Waals surface area (Å²) in [5, 5.41) is 2.92. The average molecular weight is 442 g/mol. The number of para-hydroxylation sites is 1. The van der Waals surface area contributed by atoms with Crippen LogP contribution in [0.25, 0.3) is 0 Å². The van der Waals surface area contributed by atoms with Gasteiger partial charge in [-0.2, -0.15) is 0 Å². The van der Waals surface area contributed by atoms with E-state index in [0.29, 0.717) is 22.4 Å². The maximum atomic E-state index is 12.9. The molecule has 33 heavy (non-hydrogen) atoms. The van der Waals surface area contributed by atoms with Crippen LogP contribution in [0.3, 0.4) is 0 Å². The fourth-order valence-electron chi connectivity index (χ4n) is 4.00. The van der Waals surface area contributed by atoms with Gasteiger partial charge < -0.3 is 10.2 Å². The molecule has 0 atom stereocenters. The highest BCUT2D eigenvalue weighted by Gasteiger charge is 2.21. The number of ketones is 2. The molecule has 0 spiro atoms. The summed E-state index contributed by atoms with van der Waals surface area (Å²) in [7, 11) is 0. The molecule has 6 nitrogen and oxygen atoms in total. The van der Waals surface area contributed by atoms with Gasteiger partial charge in [-0.05, 0) is 43.3 Å². The molecule has 0 bridgehead atoms. The molecule has 0 radical (unpaired) electrons. The lowest BCUT2D eigenvalue weighted by molar-refractivity contribution is -0.117. The van der Waals surface area contributed by atoms with E-state index in [1.165, 1.54) is 0 Å². The van der Waals surface area contributed by atoms with Gasteiger partial charge in [0.05, 0.1) is 12.2 Å². The number of rotatable bonds is 7. The van der Waals surface area contributed by atoms with Crippen molar-refractivity contribution in [1.29, 1.82) is 0 Å². The Morgan fingerprint density at radius 1 is 0.758 bits per heavy atom. The molecule has 1 aliphatic rings. The van der Waals surface area contributed by atoms with E-state index in [1.54, 1.807) is 37.3 Å². The molecule has 0 unspecified atom stereocenters. The van der Waals surface area contributed by atoms with Crippen LogP contribution >= 0.6 is 0 Å². The molecule has 1 saturated heterocycles. The number of carbonyl (C=O) groups is 3. The first-order chi connectivity index (χ1) is 16.0. The number of anilines is 2. The molecule has 6 heteroatoms. The Kier molecular flexibility index (Phi) is 6.95. The molecule has 3 aromatic rings. The third-order valence-electron chi connectivity index (χ3n) is 5.86. The highest BCUT2D eigenvalue weighted by molar-refractivity contribution is 6.13. The molecule has 3 aromatic carbocycles. The van der Waals surface area contributed by atoms with Crippen molar-refractivity contribution in [2.45, 2.75) is 6.92 Å². The molecule has 1 aliphatic heterocycles. The minimum Gasteiger partial charge on any atom is -0.369 e. The van der Waals surface area contributed by atoms with E-state index in [4.69, 9.17) is 0 Å². The first-order valence-corrected chi connectivity index (χ1v) is 11.1. The number of piperazine rings is 1. The third kappa shape index (κ3) is 5.54. The van der Waals surface area contributed by atoms with Crippen molar-refractivity contribution in [2.75, 3.05) is 42.9 Å². The van der Waals surface area contributed by atoms with Gasteiger partial charge in [0.2, 0.25) is 5.91 Å². The maximum absolute atomic E-state index is 12.9. The van der Waals surface area contributed by atoms with E-state index >= 15 is 0 Å². The zero-order valence-electron chi connectivity index (χ0n) is 18.7. The highest BCUT2D eigenvalue weighted by atomic mass is 16.2.